The Balaban J connectivity index is 0.00000300. The van der Waals surface area contributed by atoms with Gasteiger partial charge in [-0.05, 0) is 63.2 Å². The molecule has 0 spiro atoms. The lowest BCUT2D eigenvalue weighted by Crippen LogP contribution is -2.46. The summed E-state index contributed by atoms with van der Waals surface area (Å²) in [5.41, 5.74) is 0. The average Bonchev–Trinajstić information content (AvgIpc) is 2.75. The molecule has 6 nitrogen and oxygen atoms in total. The van der Waals surface area contributed by atoms with Gasteiger partial charge in [0.05, 0.1) is 18.9 Å². The second kappa shape index (κ2) is 12.7. The van der Waals surface area contributed by atoms with E-state index < -0.39 is 0 Å². The number of ether oxygens (including phenoxy) is 1. The van der Waals surface area contributed by atoms with Crippen molar-refractivity contribution < 1.29 is 14.3 Å². The molecule has 2 aliphatic rings. The maximum Gasteiger partial charge on any atom is 0.226 e. The summed E-state index contributed by atoms with van der Waals surface area (Å²) in [5.74, 6) is 1.53. The van der Waals surface area contributed by atoms with Crippen LogP contribution in [0, 0.1) is 11.8 Å². The van der Waals surface area contributed by atoms with Crippen molar-refractivity contribution in [3.63, 3.8) is 0 Å². The number of hydrogen-bond acceptors (Lipinski definition) is 4. The predicted octanol–water partition coefficient (Wildman–Crippen LogP) is 2.62. The Hall–Kier alpha value is -1.79. The monoisotopic (exact) mass is 423 g/mol. The molecule has 0 bridgehead atoms. The van der Waals surface area contributed by atoms with Gasteiger partial charge in [0, 0.05) is 19.6 Å². The number of nitrogens with zero attached hydrogens (tertiary/aromatic N) is 1. The van der Waals surface area contributed by atoms with Gasteiger partial charge in [0.2, 0.25) is 11.8 Å². The number of rotatable bonds is 8. The maximum absolute atomic E-state index is 12.5. The third kappa shape index (κ3) is 7.86. The topological polar surface area (TPSA) is 70.7 Å². The molecule has 7 heteroatoms. The minimum Gasteiger partial charge on any atom is -0.493 e. The minimum atomic E-state index is -0.0859. The number of piperidine rings is 2. The SMILES string of the molecule is Cl.O=C(NCCC1CCCNC1)C1CCCN(C(=O)CCOc2ccccc2)C1. The number of halogens is 1. The van der Waals surface area contributed by atoms with E-state index in [1.54, 1.807) is 0 Å². The van der Waals surface area contributed by atoms with E-state index >= 15 is 0 Å². The predicted molar refractivity (Wildman–Crippen MR) is 116 cm³/mol. The molecule has 1 aromatic carbocycles. The zero-order chi connectivity index (χ0) is 19.6. The second-order valence-corrected chi connectivity index (χ2v) is 7.88. The van der Waals surface area contributed by atoms with E-state index in [2.05, 4.69) is 10.6 Å². The number of carbonyl (C=O) groups is 2. The van der Waals surface area contributed by atoms with E-state index in [1.807, 2.05) is 35.2 Å². The van der Waals surface area contributed by atoms with Crippen LogP contribution >= 0.6 is 12.4 Å². The van der Waals surface area contributed by atoms with Gasteiger partial charge in [-0.1, -0.05) is 18.2 Å². The number of hydrogen-bond donors (Lipinski definition) is 2. The summed E-state index contributed by atoms with van der Waals surface area (Å²) in [6, 6.07) is 9.53. The fourth-order valence-corrected chi connectivity index (χ4v) is 4.06. The number of nitrogens with one attached hydrogen (secondary N) is 2. The molecule has 2 heterocycles. The maximum atomic E-state index is 12.5. The van der Waals surface area contributed by atoms with Crippen LogP contribution in [0.1, 0.15) is 38.5 Å². The number of para-hydroxylation sites is 1. The zero-order valence-corrected chi connectivity index (χ0v) is 17.9. The van der Waals surface area contributed by atoms with E-state index in [0.29, 0.717) is 25.5 Å². The first-order chi connectivity index (χ1) is 13.7. The number of benzene rings is 1. The lowest BCUT2D eigenvalue weighted by atomic mass is 9.95. The van der Waals surface area contributed by atoms with Gasteiger partial charge in [-0.25, -0.2) is 0 Å². The summed E-state index contributed by atoms with van der Waals surface area (Å²) in [4.78, 5) is 26.8. The van der Waals surface area contributed by atoms with Crippen LogP contribution in [0.4, 0.5) is 0 Å². The minimum absolute atomic E-state index is 0. The van der Waals surface area contributed by atoms with Gasteiger partial charge in [0.15, 0.2) is 0 Å². The summed E-state index contributed by atoms with van der Waals surface area (Å²) in [5, 5.41) is 6.51. The fraction of sp³-hybridized carbons (Fsp3) is 0.636. The first-order valence-electron chi connectivity index (χ1n) is 10.7. The molecule has 2 aliphatic heterocycles. The molecule has 2 fully saturated rings. The number of amides is 2. The van der Waals surface area contributed by atoms with Crippen molar-refractivity contribution in [3.05, 3.63) is 30.3 Å². The molecule has 2 amide bonds. The van der Waals surface area contributed by atoms with Gasteiger partial charge in [-0.15, -0.1) is 12.4 Å². The fourth-order valence-electron chi connectivity index (χ4n) is 4.06. The van der Waals surface area contributed by atoms with Crippen LogP contribution in [0.2, 0.25) is 0 Å². The summed E-state index contributed by atoms with van der Waals surface area (Å²) >= 11 is 0. The average molecular weight is 424 g/mol. The smallest absolute Gasteiger partial charge is 0.226 e. The lowest BCUT2D eigenvalue weighted by Gasteiger charge is -2.32. The van der Waals surface area contributed by atoms with Gasteiger partial charge in [0.25, 0.3) is 0 Å². The third-order valence-corrected chi connectivity index (χ3v) is 5.72. The van der Waals surface area contributed by atoms with Crippen molar-refractivity contribution in [1.29, 1.82) is 0 Å². The molecular formula is C22H34ClN3O3. The Kier molecular flexibility index (Phi) is 10.3. The molecule has 0 aliphatic carbocycles. The largest absolute Gasteiger partial charge is 0.493 e. The van der Waals surface area contributed by atoms with E-state index in [0.717, 1.165) is 51.2 Å². The van der Waals surface area contributed by atoms with Crippen LogP contribution in [0.25, 0.3) is 0 Å². The van der Waals surface area contributed by atoms with Crippen LogP contribution in [0.5, 0.6) is 5.75 Å². The lowest BCUT2D eigenvalue weighted by molar-refractivity contribution is -0.136. The van der Waals surface area contributed by atoms with Crippen LogP contribution in [-0.2, 0) is 9.59 Å². The molecule has 0 aromatic heterocycles. The molecule has 162 valence electrons. The third-order valence-electron chi connectivity index (χ3n) is 5.72. The highest BCUT2D eigenvalue weighted by Crippen LogP contribution is 2.18. The van der Waals surface area contributed by atoms with E-state index in [9.17, 15) is 9.59 Å². The molecular weight excluding hydrogens is 390 g/mol. The highest BCUT2D eigenvalue weighted by Gasteiger charge is 2.28. The molecule has 1 aromatic rings. The highest BCUT2D eigenvalue weighted by molar-refractivity contribution is 5.85. The van der Waals surface area contributed by atoms with Gasteiger partial charge >= 0.3 is 0 Å². The molecule has 29 heavy (non-hydrogen) atoms. The van der Waals surface area contributed by atoms with Crippen LogP contribution < -0.4 is 15.4 Å². The van der Waals surface area contributed by atoms with Crippen molar-refractivity contribution in [2.24, 2.45) is 11.8 Å². The molecule has 0 radical (unpaired) electrons. The molecule has 3 rings (SSSR count). The van der Waals surface area contributed by atoms with Crippen molar-refractivity contribution >= 4 is 24.2 Å². The molecule has 0 saturated carbocycles. The molecule has 2 atom stereocenters. The summed E-state index contributed by atoms with van der Waals surface area (Å²) < 4.78 is 5.62. The Morgan fingerprint density at radius 3 is 2.76 bits per heavy atom. The van der Waals surface area contributed by atoms with Crippen molar-refractivity contribution in [2.45, 2.75) is 38.5 Å². The van der Waals surface area contributed by atoms with E-state index in [1.165, 1.54) is 12.8 Å². The zero-order valence-electron chi connectivity index (χ0n) is 17.1. The van der Waals surface area contributed by atoms with Gasteiger partial charge < -0.3 is 20.3 Å². The Morgan fingerprint density at radius 2 is 2.00 bits per heavy atom. The first-order valence-corrected chi connectivity index (χ1v) is 10.7. The Morgan fingerprint density at radius 1 is 1.17 bits per heavy atom. The molecule has 2 N–H and O–H groups in total. The first kappa shape index (κ1) is 23.5. The quantitative estimate of drug-likeness (QED) is 0.674. The van der Waals surface area contributed by atoms with Crippen LogP contribution in [-0.4, -0.2) is 56.0 Å². The van der Waals surface area contributed by atoms with Crippen molar-refractivity contribution in [2.75, 3.05) is 39.3 Å². The standard InChI is InChI=1S/C22H33N3O3.ClH/c26-21(11-15-28-20-8-2-1-3-9-20)25-14-5-7-19(17-25)22(27)24-13-10-18-6-4-12-23-16-18;/h1-3,8-9,18-19,23H,4-7,10-17H2,(H,24,27);1H. The van der Waals surface area contributed by atoms with Crippen LogP contribution in [0.3, 0.4) is 0 Å². The Labute approximate surface area is 180 Å². The van der Waals surface area contributed by atoms with E-state index in [4.69, 9.17) is 4.74 Å². The molecule has 2 saturated heterocycles. The second-order valence-electron chi connectivity index (χ2n) is 7.88. The number of likely N-dealkylation sites (tertiary alicyclic amines) is 1. The summed E-state index contributed by atoms with van der Waals surface area (Å²) in [6.07, 6.45) is 5.60. The van der Waals surface area contributed by atoms with Gasteiger partial charge in [-0.2, -0.15) is 0 Å². The summed E-state index contributed by atoms with van der Waals surface area (Å²) in [7, 11) is 0. The van der Waals surface area contributed by atoms with Crippen molar-refractivity contribution in [1.82, 2.24) is 15.5 Å². The van der Waals surface area contributed by atoms with E-state index in [-0.39, 0.29) is 30.1 Å². The normalized spacial score (nSPS) is 21.7. The highest BCUT2D eigenvalue weighted by atomic mass is 35.5. The Bertz CT molecular complexity index is 623. The van der Waals surface area contributed by atoms with Crippen molar-refractivity contribution in [3.8, 4) is 5.75 Å². The number of carbonyl (C=O) groups excluding carboxylic acids is 2. The van der Waals surface area contributed by atoms with Gasteiger partial charge in [-0.3, -0.25) is 9.59 Å². The van der Waals surface area contributed by atoms with Gasteiger partial charge in [0.1, 0.15) is 5.75 Å². The van der Waals surface area contributed by atoms with Crippen LogP contribution in [0.15, 0.2) is 30.3 Å². The summed E-state index contributed by atoms with van der Waals surface area (Å²) in [6.45, 7) is 4.55. The molecule has 2 unspecified atom stereocenters.